The minimum atomic E-state index is -0.223. The summed E-state index contributed by atoms with van der Waals surface area (Å²) in [5, 5.41) is 1.53. The van der Waals surface area contributed by atoms with E-state index >= 15 is 0 Å². The lowest BCUT2D eigenvalue weighted by molar-refractivity contribution is -0.113. The molecule has 0 spiro atoms. The lowest BCUT2D eigenvalue weighted by atomic mass is 9.99. The van der Waals surface area contributed by atoms with Gasteiger partial charge in [-0.05, 0) is 78.2 Å². The number of nitrogens with zero attached hydrogens (tertiary/aromatic N) is 1. The molecular formula is C33H38NOP. The fourth-order valence-electron chi connectivity index (χ4n) is 6.07. The molecule has 2 aliphatic carbocycles. The molecule has 5 rings (SSSR count). The molecule has 2 aliphatic rings. The van der Waals surface area contributed by atoms with Gasteiger partial charge >= 0.3 is 0 Å². The molecule has 186 valence electrons. The van der Waals surface area contributed by atoms with Crippen molar-refractivity contribution in [3.8, 4) is 0 Å². The topological polar surface area (TPSA) is 20.3 Å². The van der Waals surface area contributed by atoms with E-state index in [-0.39, 0.29) is 13.8 Å². The fourth-order valence-corrected chi connectivity index (χ4v) is 10.00. The number of hydrogen-bond donors (Lipinski definition) is 0. The molecule has 1 amide bonds. The number of para-hydroxylation sites is 2. The molecule has 0 aliphatic heterocycles. The van der Waals surface area contributed by atoms with Crippen LogP contribution in [-0.4, -0.2) is 17.2 Å². The van der Waals surface area contributed by atoms with Crippen LogP contribution in [0.5, 0.6) is 0 Å². The highest BCUT2D eigenvalue weighted by molar-refractivity contribution is 7.67. The summed E-state index contributed by atoms with van der Waals surface area (Å²) in [5.74, 6) is -0.0122. The van der Waals surface area contributed by atoms with Crippen molar-refractivity contribution >= 4 is 36.6 Å². The van der Waals surface area contributed by atoms with Crippen LogP contribution in [0.4, 0.5) is 11.4 Å². The van der Waals surface area contributed by atoms with Crippen molar-refractivity contribution in [1.29, 1.82) is 0 Å². The number of hydrogen-bond acceptors (Lipinski definition) is 1. The predicted molar refractivity (Wildman–Crippen MR) is 156 cm³/mol. The summed E-state index contributed by atoms with van der Waals surface area (Å²) in [5.41, 5.74) is 4.70. The molecule has 2 nitrogen and oxygen atoms in total. The summed E-state index contributed by atoms with van der Waals surface area (Å²) >= 11 is 0. The van der Waals surface area contributed by atoms with Crippen LogP contribution in [0.2, 0.25) is 0 Å². The number of carbonyl (C=O) groups is 1. The molecule has 3 heteroatoms. The second-order valence-corrected chi connectivity index (χ2v) is 13.0. The van der Waals surface area contributed by atoms with Gasteiger partial charge in [0, 0.05) is 17.5 Å². The summed E-state index contributed by atoms with van der Waals surface area (Å²) < 4.78 is 0. The summed E-state index contributed by atoms with van der Waals surface area (Å²) in [6.45, 7) is 0. The van der Waals surface area contributed by atoms with Crippen molar-refractivity contribution in [2.75, 3.05) is 4.90 Å². The lowest BCUT2D eigenvalue weighted by Crippen LogP contribution is -2.27. The van der Waals surface area contributed by atoms with Gasteiger partial charge in [0.1, 0.15) is 0 Å². The second kappa shape index (κ2) is 12.5. The summed E-state index contributed by atoms with van der Waals surface area (Å²) in [7, 11) is -0.223. The maximum Gasteiger partial charge on any atom is 0.255 e. The van der Waals surface area contributed by atoms with E-state index in [0.29, 0.717) is 0 Å². The van der Waals surface area contributed by atoms with Crippen molar-refractivity contribution in [2.24, 2.45) is 0 Å². The van der Waals surface area contributed by atoms with Crippen LogP contribution >= 0.6 is 7.92 Å². The van der Waals surface area contributed by atoms with E-state index in [1.807, 2.05) is 65.6 Å². The largest absolute Gasteiger partial charge is 0.278 e. The first-order valence-electron chi connectivity index (χ1n) is 13.8. The van der Waals surface area contributed by atoms with Gasteiger partial charge in [-0.25, -0.2) is 0 Å². The lowest BCUT2D eigenvalue weighted by Gasteiger charge is -2.39. The monoisotopic (exact) mass is 495 g/mol. The first-order valence-corrected chi connectivity index (χ1v) is 15.3. The molecule has 0 heterocycles. The zero-order valence-electron chi connectivity index (χ0n) is 21.3. The van der Waals surface area contributed by atoms with Crippen LogP contribution < -0.4 is 10.2 Å². The Hall–Kier alpha value is -2.70. The van der Waals surface area contributed by atoms with Gasteiger partial charge in [0.15, 0.2) is 0 Å². The van der Waals surface area contributed by atoms with E-state index in [1.165, 1.54) is 75.1 Å². The molecule has 2 fully saturated rings. The van der Waals surface area contributed by atoms with E-state index in [1.54, 1.807) is 6.08 Å². The fraction of sp³-hybridized carbons (Fsp3) is 0.364. The molecule has 3 aromatic carbocycles. The van der Waals surface area contributed by atoms with Crippen LogP contribution in [0.25, 0.3) is 6.08 Å². The van der Waals surface area contributed by atoms with Gasteiger partial charge in [0.05, 0.1) is 0 Å². The van der Waals surface area contributed by atoms with Gasteiger partial charge < -0.3 is 0 Å². The Morgan fingerprint density at radius 3 is 1.64 bits per heavy atom. The molecule has 0 atom stereocenters. The van der Waals surface area contributed by atoms with E-state index < -0.39 is 0 Å². The third-order valence-corrected chi connectivity index (χ3v) is 11.4. The Balaban J connectivity index is 1.46. The first-order chi connectivity index (χ1) is 17.8. The summed E-state index contributed by atoms with van der Waals surface area (Å²) in [6.07, 6.45) is 17.8. The van der Waals surface area contributed by atoms with Gasteiger partial charge in [-0.15, -0.1) is 0 Å². The minimum absolute atomic E-state index is 0.0122. The van der Waals surface area contributed by atoms with Crippen LogP contribution in [-0.2, 0) is 4.79 Å². The van der Waals surface area contributed by atoms with Crippen LogP contribution in [0.3, 0.4) is 0 Å². The molecule has 0 radical (unpaired) electrons. The van der Waals surface area contributed by atoms with Crippen LogP contribution in [0, 0.1) is 0 Å². The molecule has 0 aromatic heterocycles. The minimum Gasteiger partial charge on any atom is -0.278 e. The van der Waals surface area contributed by atoms with Crippen molar-refractivity contribution in [3.63, 3.8) is 0 Å². The molecular weight excluding hydrogens is 457 g/mol. The van der Waals surface area contributed by atoms with Crippen LogP contribution in [0.15, 0.2) is 91.0 Å². The van der Waals surface area contributed by atoms with Gasteiger partial charge in [-0.1, -0.05) is 107 Å². The number of rotatable bonds is 7. The Bertz CT molecular complexity index is 1070. The zero-order valence-corrected chi connectivity index (χ0v) is 22.2. The number of amides is 1. The maximum absolute atomic E-state index is 13.6. The molecule has 0 saturated heterocycles. The van der Waals surface area contributed by atoms with Crippen molar-refractivity contribution < 1.29 is 4.79 Å². The SMILES string of the molecule is O=C(/C=C/c1ccccc1P(C1CCCCC1)C1CCCCC1)N(c1ccccc1)c1ccccc1. The second-order valence-electron chi connectivity index (χ2n) is 10.2. The van der Waals surface area contributed by atoms with Crippen molar-refractivity contribution in [1.82, 2.24) is 0 Å². The smallest absolute Gasteiger partial charge is 0.255 e. The maximum atomic E-state index is 13.6. The Morgan fingerprint density at radius 1 is 0.639 bits per heavy atom. The van der Waals surface area contributed by atoms with Crippen LogP contribution in [0.1, 0.15) is 69.8 Å². The summed E-state index contributed by atoms with van der Waals surface area (Å²) in [4.78, 5) is 15.5. The molecule has 36 heavy (non-hydrogen) atoms. The van der Waals surface area contributed by atoms with Crippen molar-refractivity contribution in [3.05, 3.63) is 96.6 Å². The molecule has 2 saturated carbocycles. The molecule has 3 aromatic rings. The number of benzene rings is 3. The van der Waals surface area contributed by atoms with Gasteiger partial charge in [0.25, 0.3) is 5.91 Å². The Morgan fingerprint density at radius 2 is 1.11 bits per heavy atom. The highest BCUT2D eigenvalue weighted by Gasteiger charge is 2.33. The van der Waals surface area contributed by atoms with E-state index in [0.717, 1.165) is 22.7 Å². The average molecular weight is 496 g/mol. The van der Waals surface area contributed by atoms with Crippen molar-refractivity contribution in [2.45, 2.75) is 75.5 Å². The Kier molecular flexibility index (Phi) is 8.68. The quantitative estimate of drug-likeness (QED) is 0.237. The zero-order chi connectivity index (χ0) is 24.6. The third kappa shape index (κ3) is 5.98. The molecule has 0 N–H and O–H groups in total. The van der Waals surface area contributed by atoms with E-state index in [9.17, 15) is 4.79 Å². The van der Waals surface area contributed by atoms with E-state index in [4.69, 9.17) is 0 Å². The standard InChI is InChI=1S/C33H38NOP/c35-33(34(28-16-5-1-6-17-28)29-18-7-2-8-19-29)26-25-27-15-13-14-24-32(27)36(30-20-9-3-10-21-30)31-22-11-4-12-23-31/h1-2,5-8,13-19,24-26,30-31H,3-4,9-12,20-23H2/b26-25+. The summed E-state index contributed by atoms with van der Waals surface area (Å²) in [6, 6.07) is 28.9. The van der Waals surface area contributed by atoms with Gasteiger partial charge in [0.2, 0.25) is 0 Å². The first kappa shape index (κ1) is 25.0. The number of carbonyl (C=O) groups excluding carboxylic acids is 1. The van der Waals surface area contributed by atoms with Gasteiger partial charge in [-0.3, -0.25) is 9.69 Å². The number of anilines is 2. The Labute approximate surface area is 218 Å². The normalized spacial score (nSPS) is 17.5. The highest BCUT2D eigenvalue weighted by Crippen LogP contribution is 2.55. The third-order valence-electron chi connectivity index (χ3n) is 7.81. The molecule has 0 unspecified atom stereocenters. The highest BCUT2D eigenvalue weighted by atomic mass is 31.1. The predicted octanol–water partition coefficient (Wildman–Crippen LogP) is 8.84. The average Bonchev–Trinajstić information content (AvgIpc) is 2.95. The molecule has 0 bridgehead atoms. The van der Waals surface area contributed by atoms with Gasteiger partial charge in [-0.2, -0.15) is 0 Å². The van der Waals surface area contributed by atoms with E-state index in [2.05, 4.69) is 30.3 Å².